The predicted octanol–water partition coefficient (Wildman–Crippen LogP) is 3.98. The van der Waals surface area contributed by atoms with Crippen LogP contribution < -0.4 is 15.8 Å². The molecule has 0 spiro atoms. The molecule has 4 rings (SSSR count). The first-order valence-electron chi connectivity index (χ1n) is 10.6. The molecular weight excluding hydrogens is 394 g/mol. The van der Waals surface area contributed by atoms with Gasteiger partial charge in [0, 0.05) is 18.4 Å². The molecule has 2 heterocycles. The molecule has 8 nitrogen and oxygen atoms in total. The van der Waals surface area contributed by atoms with Crippen molar-refractivity contribution >= 4 is 28.5 Å². The summed E-state index contributed by atoms with van der Waals surface area (Å²) >= 11 is 0. The van der Waals surface area contributed by atoms with E-state index in [1.54, 1.807) is 6.92 Å². The fraction of sp³-hybridized carbons (Fsp3) is 0.391. The Kier molecular flexibility index (Phi) is 5.88. The highest BCUT2D eigenvalue weighted by Crippen LogP contribution is 2.35. The third kappa shape index (κ3) is 4.38. The largest absolute Gasteiger partial charge is 0.490 e. The van der Waals surface area contributed by atoms with Gasteiger partial charge in [0.05, 0.1) is 28.4 Å². The van der Waals surface area contributed by atoms with Crippen LogP contribution in [0.3, 0.4) is 0 Å². The Morgan fingerprint density at radius 3 is 2.58 bits per heavy atom. The molecule has 0 atom stereocenters. The number of fused-ring (bicyclic) bond motifs is 1. The Morgan fingerprint density at radius 2 is 1.94 bits per heavy atom. The molecule has 0 radical (unpaired) electrons. The molecule has 8 heteroatoms. The highest BCUT2D eigenvalue weighted by Gasteiger charge is 2.25. The lowest BCUT2D eigenvalue weighted by atomic mass is 9.93. The molecule has 162 valence electrons. The number of rotatable bonds is 6. The van der Waals surface area contributed by atoms with Gasteiger partial charge in [-0.25, -0.2) is 14.8 Å². The molecule has 0 bridgehead atoms. The summed E-state index contributed by atoms with van der Waals surface area (Å²) in [5, 5.41) is 13.5. The van der Waals surface area contributed by atoms with Crippen LogP contribution in [0.1, 0.15) is 54.2 Å². The van der Waals surface area contributed by atoms with Gasteiger partial charge in [0.25, 0.3) is 0 Å². The zero-order valence-electron chi connectivity index (χ0n) is 17.8. The van der Waals surface area contributed by atoms with Gasteiger partial charge in [0.15, 0.2) is 0 Å². The highest BCUT2D eigenvalue weighted by atomic mass is 16.5. The van der Waals surface area contributed by atoms with E-state index in [2.05, 4.69) is 27.2 Å². The lowest BCUT2D eigenvalue weighted by Crippen LogP contribution is -2.31. The van der Waals surface area contributed by atoms with Gasteiger partial charge in [-0.1, -0.05) is 13.0 Å². The summed E-state index contributed by atoms with van der Waals surface area (Å²) in [5.74, 6) is 0.158. The van der Waals surface area contributed by atoms with Crippen molar-refractivity contribution < 1.29 is 14.6 Å². The maximum Gasteiger partial charge on any atom is 0.339 e. The van der Waals surface area contributed by atoms with E-state index in [0.717, 1.165) is 37.7 Å². The maximum atomic E-state index is 11.6. The molecule has 0 unspecified atom stereocenters. The smallest absolute Gasteiger partial charge is 0.339 e. The van der Waals surface area contributed by atoms with Gasteiger partial charge in [0.2, 0.25) is 5.95 Å². The molecule has 4 N–H and O–H groups in total. The van der Waals surface area contributed by atoms with Crippen LogP contribution in [0.2, 0.25) is 0 Å². The minimum Gasteiger partial charge on any atom is -0.490 e. The van der Waals surface area contributed by atoms with E-state index in [-0.39, 0.29) is 17.4 Å². The number of carboxylic acids is 1. The summed E-state index contributed by atoms with van der Waals surface area (Å²) < 4.78 is 6.28. The fourth-order valence-electron chi connectivity index (χ4n) is 4.11. The zero-order chi connectivity index (χ0) is 22.0. The van der Waals surface area contributed by atoms with Gasteiger partial charge < -0.3 is 20.9 Å². The number of pyridine rings is 1. The van der Waals surface area contributed by atoms with E-state index in [1.807, 2.05) is 30.6 Å². The van der Waals surface area contributed by atoms with Crippen molar-refractivity contribution in [1.82, 2.24) is 15.0 Å². The Hall–Kier alpha value is -3.42. The highest BCUT2D eigenvalue weighted by molar-refractivity contribution is 6.06. The van der Waals surface area contributed by atoms with Crippen LogP contribution in [0.4, 0.5) is 11.6 Å². The summed E-state index contributed by atoms with van der Waals surface area (Å²) in [6.07, 6.45) is 8.26. The second-order valence-corrected chi connectivity index (χ2v) is 7.95. The van der Waals surface area contributed by atoms with Gasteiger partial charge in [-0.15, -0.1) is 0 Å². The number of aryl methyl sites for hydroxylation is 2. The van der Waals surface area contributed by atoms with E-state index in [1.165, 1.54) is 0 Å². The number of nitrogen functional groups attached to an aromatic ring is 1. The molecule has 0 aliphatic heterocycles. The standard InChI is InChI=1S/C23H27N5O3/c1-3-14-11-25-23(26-12-14)28-15-7-9-16(10-8-15)31-18-6-4-5-17-20(18)21(24)19(22(29)30)13(2)27-17/h4-6,11-12,15-16H,3,7-10H2,1-2H3,(H2,24,27)(H,29,30)(H,25,26,28)/t15-,16-. The average Bonchev–Trinajstić information content (AvgIpc) is 2.75. The molecular formula is C23H27N5O3. The Balaban J connectivity index is 1.45. The van der Waals surface area contributed by atoms with E-state index in [9.17, 15) is 9.90 Å². The van der Waals surface area contributed by atoms with Crippen LogP contribution in [0, 0.1) is 6.92 Å². The quantitative estimate of drug-likeness (QED) is 0.546. The van der Waals surface area contributed by atoms with E-state index in [0.29, 0.717) is 34.3 Å². The van der Waals surface area contributed by atoms with Crippen LogP contribution in [-0.2, 0) is 6.42 Å². The molecule has 31 heavy (non-hydrogen) atoms. The molecule has 2 aromatic heterocycles. The minimum absolute atomic E-state index is 0.0287. The maximum absolute atomic E-state index is 11.6. The number of nitrogens with one attached hydrogen (secondary N) is 1. The molecule has 0 saturated heterocycles. The SMILES string of the molecule is CCc1cnc(N[C@H]2CC[C@H](Oc3cccc4nc(C)c(C(=O)O)c(N)c34)CC2)nc1. The number of hydrogen-bond acceptors (Lipinski definition) is 7. The second kappa shape index (κ2) is 8.75. The number of carboxylic acid groups (broad SMARTS) is 1. The molecule has 0 amide bonds. The lowest BCUT2D eigenvalue weighted by molar-refractivity contribution is 0.0697. The number of ether oxygens (including phenoxy) is 1. The van der Waals surface area contributed by atoms with Gasteiger partial charge >= 0.3 is 5.97 Å². The summed E-state index contributed by atoms with van der Waals surface area (Å²) in [7, 11) is 0. The monoisotopic (exact) mass is 421 g/mol. The first-order chi connectivity index (χ1) is 15.0. The lowest BCUT2D eigenvalue weighted by Gasteiger charge is -2.30. The summed E-state index contributed by atoms with van der Waals surface area (Å²) in [6.45, 7) is 3.73. The van der Waals surface area contributed by atoms with E-state index in [4.69, 9.17) is 10.5 Å². The van der Waals surface area contributed by atoms with Crippen molar-refractivity contribution in [2.24, 2.45) is 0 Å². The van der Waals surface area contributed by atoms with Crippen molar-refractivity contribution in [1.29, 1.82) is 0 Å². The fourth-order valence-corrected chi connectivity index (χ4v) is 4.11. The second-order valence-electron chi connectivity index (χ2n) is 7.95. The predicted molar refractivity (Wildman–Crippen MR) is 120 cm³/mol. The van der Waals surface area contributed by atoms with E-state index < -0.39 is 5.97 Å². The Bertz CT molecular complexity index is 1090. The number of hydrogen-bond donors (Lipinski definition) is 3. The first-order valence-corrected chi connectivity index (χ1v) is 10.6. The molecule has 1 aromatic carbocycles. The minimum atomic E-state index is -1.08. The number of nitrogens with zero attached hydrogens (tertiary/aromatic N) is 3. The van der Waals surface area contributed by atoms with Crippen LogP contribution in [0.5, 0.6) is 5.75 Å². The van der Waals surface area contributed by atoms with Gasteiger partial charge in [0.1, 0.15) is 11.3 Å². The number of nitrogens with two attached hydrogens (primary N) is 1. The number of aromatic nitrogens is 3. The third-order valence-corrected chi connectivity index (χ3v) is 5.82. The van der Waals surface area contributed by atoms with Crippen LogP contribution in [0.25, 0.3) is 10.9 Å². The molecule has 1 aliphatic rings. The van der Waals surface area contributed by atoms with Crippen molar-refractivity contribution in [3.63, 3.8) is 0 Å². The number of carbonyl (C=O) groups is 1. The number of anilines is 2. The number of aromatic carboxylic acids is 1. The van der Waals surface area contributed by atoms with Gasteiger partial charge in [-0.05, 0) is 56.7 Å². The van der Waals surface area contributed by atoms with E-state index >= 15 is 0 Å². The first kappa shape index (κ1) is 20.8. The molecule has 1 saturated carbocycles. The van der Waals surface area contributed by atoms with Crippen molar-refractivity contribution in [3.8, 4) is 5.75 Å². The topological polar surface area (TPSA) is 123 Å². The average molecular weight is 422 g/mol. The van der Waals surface area contributed by atoms with Crippen molar-refractivity contribution in [3.05, 3.63) is 47.4 Å². The summed E-state index contributed by atoms with van der Waals surface area (Å²) in [5.41, 5.74) is 8.62. The zero-order valence-corrected chi connectivity index (χ0v) is 17.8. The Morgan fingerprint density at radius 1 is 1.23 bits per heavy atom. The third-order valence-electron chi connectivity index (χ3n) is 5.82. The summed E-state index contributed by atoms with van der Waals surface area (Å²) in [6, 6.07) is 5.80. The molecule has 3 aromatic rings. The molecule has 1 aliphatic carbocycles. The van der Waals surface area contributed by atoms with Crippen LogP contribution in [-0.4, -0.2) is 38.2 Å². The van der Waals surface area contributed by atoms with Crippen molar-refractivity contribution in [2.75, 3.05) is 11.1 Å². The van der Waals surface area contributed by atoms with Gasteiger partial charge in [-0.3, -0.25) is 4.98 Å². The normalized spacial score (nSPS) is 18.6. The Labute approximate surface area is 180 Å². The van der Waals surface area contributed by atoms with Crippen LogP contribution >= 0.6 is 0 Å². The van der Waals surface area contributed by atoms with Crippen molar-refractivity contribution in [2.45, 2.75) is 58.1 Å². The van der Waals surface area contributed by atoms with Gasteiger partial charge in [-0.2, -0.15) is 0 Å². The molecule has 1 fully saturated rings. The number of benzene rings is 1. The van der Waals surface area contributed by atoms with Crippen LogP contribution in [0.15, 0.2) is 30.6 Å². The summed E-state index contributed by atoms with van der Waals surface area (Å²) in [4.78, 5) is 24.8.